The van der Waals surface area contributed by atoms with Gasteiger partial charge < -0.3 is 4.74 Å². The molecule has 1 fully saturated rings. The monoisotopic (exact) mass is 389 g/mol. The molecule has 3 aromatic rings. The molecule has 28 heavy (non-hydrogen) atoms. The Labute approximate surface area is 159 Å². The Kier molecular flexibility index (Phi) is 4.52. The average Bonchev–Trinajstić information content (AvgIpc) is 3.44. The summed E-state index contributed by atoms with van der Waals surface area (Å²) in [6.45, 7) is 2.45. The zero-order chi connectivity index (χ0) is 19.9. The zero-order valence-electron chi connectivity index (χ0n) is 15.4. The van der Waals surface area contributed by atoms with Gasteiger partial charge in [-0.2, -0.15) is 0 Å². The molecule has 6 nitrogen and oxygen atoms in total. The molecule has 0 unspecified atom stereocenters. The Morgan fingerprint density at radius 2 is 1.93 bits per heavy atom. The van der Waals surface area contributed by atoms with Crippen LogP contribution in [0.15, 0.2) is 30.6 Å². The van der Waals surface area contributed by atoms with Crippen LogP contribution in [0.4, 0.5) is 13.2 Å². The highest BCUT2D eigenvalue weighted by Crippen LogP contribution is 2.39. The van der Waals surface area contributed by atoms with Gasteiger partial charge in [-0.3, -0.25) is 0 Å². The number of nitrogens with zero attached hydrogens (tertiary/aromatic N) is 5. The number of halogens is 3. The Morgan fingerprint density at radius 3 is 2.57 bits per heavy atom. The molecule has 1 aliphatic rings. The lowest BCUT2D eigenvalue weighted by Crippen LogP contribution is -2.11. The SMILES string of the molecule is Cc1c(COc2ncc(C3CC3)cn2)nnn1-c1ccc(F)c(C(C)(F)F)c1. The molecule has 1 saturated carbocycles. The molecule has 0 bridgehead atoms. The van der Waals surface area contributed by atoms with Crippen LogP contribution in [-0.4, -0.2) is 25.0 Å². The first kappa shape index (κ1) is 18.4. The van der Waals surface area contributed by atoms with Gasteiger partial charge in [0.15, 0.2) is 0 Å². The predicted molar refractivity (Wildman–Crippen MR) is 94.0 cm³/mol. The van der Waals surface area contributed by atoms with Crippen LogP contribution in [0.1, 0.15) is 48.2 Å². The van der Waals surface area contributed by atoms with Crippen molar-refractivity contribution in [1.82, 2.24) is 25.0 Å². The minimum absolute atomic E-state index is 0.0760. The van der Waals surface area contributed by atoms with Crippen molar-refractivity contribution in [2.45, 2.75) is 45.1 Å². The lowest BCUT2D eigenvalue weighted by atomic mass is 10.1. The number of aromatic nitrogens is 5. The summed E-state index contributed by atoms with van der Waals surface area (Å²) in [6.07, 6.45) is 5.85. The molecule has 2 heterocycles. The Balaban J connectivity index is 1.51. The molecule has 9 heteroatoms. The molecule has 0 atom stereocenters. The van der Waals surface area contributed by atoms with E-state index >= 15 is 0 Å². The van der Waals surface area contributed by atoms with Gasteiger partial charge in [0.25, 0.3) is 5.92 Å². The summed E-state index contributed by atoms with van der Waals surface area (Å²) >= 11 is 0. The second-order valence-electron chi connectivity index (χ2n) is 6.95. The summed E-state index contributed by atoms with van der Waals surface area (Å²) in [6, 6.07) is 3.67. The topological polar surface area (TPSA) is 65.7 Å². The zero-order valence-corrected chi connectivity index (χ0v) is 15.4. The van der Waals surface area contributed by atoms with Gasteiger partial charge in [0, 0.05) is 19.3 Å². The van der Waals surface area contributed by atoms with E-state index in [2.05, 4.69) is 20.3 Å². The molecule has 0 saturated heterocycles. The van der Waals surface area contributed by atoms with E-state index in [-0.39, 0.29) is 12.6 Å². The van der Waals surface area contributed by atoms with Crippen molar-refractivity contribution in [2.24, 2.45) is 0 Å². The van der Waals surface area contributed by atoms with Gasteiger partial charge in [-0.05, 0) is 49.4 Å². The second-order valence-corrected chi connectivity index (χ2v) is 6.95. The number of hydrogen-bond acceptors (Lipinski definition) is 5. The standard InChI is InChI=1S/C19H18F3N5O/c1-11-17(10-28-18-23-8-13(9-24-18)12-3-4-12)25-26-27(11)14-5-6-16(20)15(7-14)19(2,21)22/h5-9,12H,3-4,10H2,1-2H3. The van der Waals surface area contributed by atoms with Gasteiger partial charge >= 0.3 is 6.01 Å². The van der Waals surface area contributed by atoms with E-state index < -0.39 is 17.3 Å². The average molecular weight is 389 g/mol. The van der Waals surface area contributed by atoms with E-state index in [4.69, 9.17) is 4.74 Å². The van der Waals surface area contributed by atoms with Gasteiger partial charge in [-0.1, -0.05) is 5.21 Å². The number of hydrogen-bond donors (Lipinski definition) is 0. The Hall–Kier alpha value is -2.97. The quantitative estimate of drug-likeness (QED) is 0.636. The molecule has 0 spiro atoms. The van der Waals surface area contributed by atoms with Crippen LogP contribution < -0.4 is 4.74 Å². The summed E-state index contributed by atoms with van der Waals surface area (Å²) in [7, 11) is 0. The molecule has 0 amide bonds. The van der Waals surface area contributed by atoms with Crippen LogP contribution in [0.5, 0.6) is 6.01 Å². The summed E-state index contributed by atoms with van der Waals surface area (Å²) in [5, 5.41) is 8.00. The fraction of sp³-hybridized carbons (Fsp3) is 0.368. The molecule has 4 rings (SSSR count). The molecular formula is C19H18F3N5O. The summed E-state index contributed by atoms with van der Waals surface area (Å²) in [5.41, 5.74) is 1.80. The van der Waals surface area contributed by atoms with Crippen molar-refractivity contribution in [1.29, 1.82) is 0 Å². The van der Waals surface area contributed by atoms with Crippen LogP contribution in [0.25, 0.3) is 5.69 Å². The Bertz CT molecular complexity index is 994. The minimum atomic E-state index is -3.30. The van der Waals surface area contributed by atoms with Gasteiger partial charge in [0.2, 0.25) is 0 Å². The normalized spacial score (nSPS) is 14.3. The van der Waals surface area contributed by atoms with Gasteiger partial charge in [-0.25, -0.2) is 27.8 Å². The summed E-state index contributed by atoms with van der Waals surface area (Å²) < 4.78 is 47.8. The van der Waals surface area contributed by atoms with Crippen molar-refractivity contribution in [3.05, 3.63) is 58.9 Å². The van der Waals surface area contributed by atoms with E-state index in [0.717, 1.165) is 17.7 Å². The maximum atomic E-state index is 13.7. The maximum absolute atomic E-state index is 13.7. The van der Waals surface area contributed by atoms with Crippen LogP contribution in [0.3, 0.4) is 0 Å². The van der Waals surface area contributed by atoms with Crippen LogP contribution in [0, 0.1) is 12.7 Å². The highest BCUT2D eigenvalue weighted by molar-refractivity contribution is 5.39. The molecule has 0 N–H and O–H groups in total. The highest BCUT2D eigenvalue weighted by atomic mass is 19.3. The number of ether oxygens (including phenoxy) is 1. The molecule has 0 aliphatic heterocycles. The largest absolute Gasteiger partial charge is 0.457 e. The second kappa shape index (κ2) is 6.88. The lowest BCUT2D eigenvalue weighted by molar-refractivity contribution is 0.0137. The third-order valence-electron chi connectivity index (χ3n) is 4.69. The van der Waals surface area contributed by atoms with Crippen LogP contribution in [-0.2, 0) is 12.5 Å². The van der Waals surface area contributed by atoms with Gasteiger partial charge in [0.05, 0.1) is 16.9 Å². The van der Waals surface area contributed by atoms with Crippen molar-refractivity contribution in [2.75, 3.05) is 0 Å². The van der Waals surface area contributed by atoms with E-state index in [1.54, 1.807) is 19.3 Å². The van der Waals surface area contributed by atoms with E-state index in [0.29, 0.717) is 29.9 Å². The van der Waals surface area contributed by atoms with Crippen LogP contribution >= 0.6 is 0 Å². The van der Waals surface area contributed by atoms with E-state index in [1.165, 1.54) is 23.6 Å². The van der Waals surface area contributed by atoms with Gasteiger partial charge in [-0.15, -0.1) is 5.10 Å². The first-order valence-electron chi connectivity index (χ1n) is 8.87. The minimum Gasteiger partial charge on any atom is -0.457 e. The maximum Gasteiger partial charge on any atom is 0.316 e. The molecule has 0 radical (unpaired) electrons. The highest BCUT2D eigenvalue weighted by Gasteiger charge is 2.29. The summed E-state index contributed by atoms with van der Waals surface area (Å²) in [4.78, 5) is 8.37. The smallest absolute Gasteiger partial charge is 0.316 e. The number of rotatable bonds is 6. The molecule has 1 aromatic carbocycles. The van der Waals surface area contributed by atoms with E-state index in [9.17, 15) is 13.2 Å². The third-order valence-corrected chi connectivity index (χ3v) is 4.69. The third kappa shape index (κ3) is 3.69. The summed E-state index contributed by atoms with van der Waals surface area (Å²) in [5.74, 6) is -3.71. The van der Waals surface area contributed by atoms with Crippen molar-refractivity contribution < 1.29 is 17.9 Å². The van der Waals surface area contributed by atoms with Crippen molar-refractivity contribution in [3.63, 3.8) is 0 Å². The number of alkyl halides is 2. The molecule has 2 aromatic heterocycles. The van der Waals surface area contributed by atoms with E-state index in [1.807, 2.05) is 0 Å². The first-order valence-corrected chi connectivity index (χ1v) is 8.87. The Morgan fingerprint density at radius 1 is 1.21 bits per heavy atom. The fourth-order valence-corrected chi connectivity index (χ4v) is 2.88. The van der Waals surface area contributed by atoms with Gasteiger partial charge in [0.1, 0.15) is 18.1 Å². The van der Waals surface area contributed by atoms with Crippen molar-refractivity contribution in [3.8, 4) is 11.7 Å². The molecule has 1 aliphatic carbocycles. The lowest BCUT2D eigenvalue weighted by Gasteiger charge is -2.13. The molecular weight excluding hydrogens is 371 g/mol. The fourth-order valence-electron chi connectivity index (χ4n) is 2.88. The van der Waals surface area contributed by atoms with Crippen LogP contribution in [0.2, 0.25) is 0 Å². The molecule has 146 valence electrons. The number of benzene rings is 1. The van der Waals surface area contributed by atoms with Crippen molar-refractivity contribution >= 4 is 0 Å². The predicted octanol–water partition coefficient (Wildman–Crippen LogP) is 4.07. The first-order chi connectivity index (χ1) is 13.3.